The third-order valence-electron chi connectivity index (χ3n) is 2.32. The lowest BCUT2D eigenvalue weighted by Gasteiger charge is -2.10. The first-order chi connectivity index (χ1) is 8.77. The Bertz CT molecular complexity index is 515. The zero-order valence-corrected chi connectivity index (χ0v) is 11.0. The molecule has 0 fully saturated rings. The van der Waals surface area contributed by atoms with Gasteiger partial charge in [-0.1, -0.05) is 12.1 Å². The molecule has 7 heteroatoms. The molecule has 1 heterocycles. The summed E-state index contributed by atoms with van der Waals surface area (Å²) < 4.78 is 5.64. The highest BCUT2D eigenvalue weighted by Gasteiger charge is 2.07. The Kier molecular flexibility index (Phi) is 5.69. The summed E-state index contributed by atoms with van der Waals surface area (Å²) in [6.45, 7) is 0.916. The average molecular weight is 282 g/mol. The molecule has 0 saturated carbocycles. The van der Waals surface area contributed by atoms with Gasteiger partial charge in [-0.3, -0.25) is 5.41 Å². The number of aromatic nitrogens is 2. The molecule has 0 unspecified atom stereocenters. The Morgan fingerprint density at radius 1 is 1.42 bits per heavy atom. The van der Waals surface area contributed by atoms with E-state index in [4.69, 9.17) is 15.9 Å². The summed E-state index contributed by atoms with van der Waals surface area (Å²) >= 11 is 0. The van der Waals surface area contributed by atoms with E-state index in [0.717, 1.165) is 17.1 Å². The second-order valence-electron chi connectivity index (χ2n) is 3.62. The maximum absolute atomic E-state index is 7.03. The van der Waals surface area contributed by atoms with Crippen LogP contribution in [0.25, 0.3) is 11.4 Å². The van der Waals surface area contributed by atoms with E-state index in [9.17, 15) is 0 Å². The van der Waals surface area contributed by atoms with Gasteiger partial charge in [0.05, 0.1) is 12.1 Å². The minimum absolute atomic E-state index is 0. The molecule has 0 atom stereocenters. The molecule has 2 aromatic rings. The Hall–Kier alpha value is -2.21. The Labute approximate surface area is 117 Å². The number of halogens is 1. The summed E-state index contributed by atoms with van der Waals surface area (Å²) in [4.78, 5) is 7.24. The number of nitrogens with zero attached hydrogens (tertiary/aromatic N) is 1. The fraction of sp³-hybridized carbons (Fsp3) is 0.167. The van der Waals surface area contributed by atoms with E-state index in [2.05, 4.69) is 15.3 Å². The first-order valence-corrected chi connectivity index (χ1v) is 5.57. The molecular weight excluding hydrogens is 266 g/mol. The maximum atomic E-state index is 7.03. The van der Waals surface area contributed by atoms with Crippen molar-refractivity contribution >= 4 is 18.4 Å². The van der Waals surface area contributed by atoms with Crippen LogP contribution in [0, 0.1) is 5.41 Å². The second-order valence-corrected chi connectivity index (χ2v) is 3.62. The van der Waals surface area contributed by atoms with Crippen molar-refractivity contribution in [2.24, 2.45) is 5.73 Å². The van der Waals surface area contributed by atoms with E-state index in [-0.39, 0.29) is 18.4 Å². The standard InChI is InChI=1S/C12H15N5O.ClH/c13-12(14)17-7-8-18-10-4-2-1-3-9(10)11-15-5-6-16-11;/h1-6H,7-8H2,(H,15,16)(H4,13,14,17);1H. The number of hydrogen-bond donors (Lipinski definition) is 4. The van der Waals surface area contributed by atoms with Gasteiger partial charge in [0.25, 0.3) is 0 Å². The van der Waals surface area contributed by atoms with E-state index >= 15 is 0 Å². The van der Waals surface area contributed by atoms with Crippen molar-refractivity contribution < 1.29 is 4.74 Å². The number of nitrogens with one attached hydrogen (secondary N) is 3. The van der Waals surface area contributed by atoms with Crippen LogP contribution in [0.15, 0.2) is 36.7 Å². The number of ether oxygens (including phenoxy) is 1. The van der Waals surface area contributed by atoms with Crippen molar-refractivity contribution in [2.75, 3.05) is 13.2 Å². The summed E-state index contributed by atoms with van der Waals surface area (Å²) in [6.07, 6.45) is 3.47. The van der Waals surface area contributed by atoms with Crippen LogP contribution in [-0.2, 0) is 0 Å². The number of hydrogen-bond acceptors (Lipinski definition) is 3. The number of rotatable bonds is 5. The monoisotopic (exact) mass is 281 g/mol. The highest BCUT2D eigenvalue weighted by Crippen LogP contribution is 2.26. The van der Waals surface area contributed by atoms with Crippen molar-refractivity contribution in [1.29, 1.82) is 5.41 Å². The third-order valence-corrected chi connectivity index (χ3v) is 2.32. The van der Waals surface area contributed by atoms with E-state index in [0.29, 0.717) is 13.2 Å². The molecule has 1 aromatic carbocycles. The average Bonchev–Trinajstić information content (AvgIpc) is 2.88. The lowest BCUT2D eigenvalue weighted by molar-refractivity contribution is 0.323. The molecule has 5 N–H and O–H groups in total. The zero-order valence-electron chi connectivity index (χ0n) is 10.2. The van der Waals surface area contributed by atoms with Crippen molar-refractivity contribution in [3.8, 4) is 17.1 Å². The zero-order chi connectivity index (χ0) is 12.8. The highest BCUT2D eigenvalue weighted by atomic mass is 35.5. The predicted molar refractivity (Wildman–Crippen MR) is 76.7 cm³/mol. The van der Waals surface area contributed by atoms with Gasteiger partial charge in [-0.2, -0.15) is 0 Å². The number of para-hydroxylation sites is 1. The van der Waals surface area contributed by atoms with Gasteiger partial charge in [-0.15, -0.1) is 12.4 Å². The van der Waals surface area contributed by atoms with Gasteiger partial charge >= 0.3 is 0 Å². The lowest BCUT2D eigenvalue weighted by atomic mass is 10.2. The third kappa shape index (κ3) is 4.18. The van der Waals surface area contributed by atoms with Crippen LogP contribution in [0.5, 0.6) is 5.75 Å². The topological polar surface area (TPSA) is 99.8 Å². The van der Waals surface area contributed by atoms with E-state index in [1.54, 1.807) is 12.4 Å². The molecule has 2 rings (SSSR count). The number of imidazole rings is 1. The molecule has 0 bridgehead atoms. The van der Waals surface area contributed by atoms with Gasteiger partial charge in [-0.05, 0) is 12.1 Å². The van der Waals surface area contributed by atoms with Crippen molar-refractivity contribution in [3.63, 3.8) is 0 Å². The van der Waals surface area contributed by atoms with Crippen LogP contribution in [-0.4, -0.2) is 29.1 Å². The molecule has 6 nitrogen and oxygen atoms in total. The fourth-order valence-corrected chi connectivity index (χ4v) is 1.55. The van der Waals surface area contributed by atoms with Gasteiger partial charge in [0.2, 0.25) is 0 Å². The molecule has 0 saturated heterocycles. The predicted octanol–water partition coefficient (Wildman–Crippen LogP) is 1.36. The number of nitrogens with two attached hydrogens (primary N) is 1. The first-order valence-electron chi connectivity index (χ1n) is 5.57. The molecule has 102 valence electrons. The van der Waals surface area contributed by atoms with Gasteiger partial charge < -0.3 is 20.8 Å². The Balaban J connectivity index is 0.00000180. The summed E-state index contributed by atoms with van der Waals surface area (Å²) in [7, 11) is 0. The lowest BCUT2D eigenvalue weighted by Crippen LogP contribution is -2.33. The molecule has 0 aliphatic carbocycles. The highest BCUT2D eigenvalue weighted by molar-refractivity contribution is 5.85. The van der Waals surface area contributed by atoms with Crippen LogP contribution >= 0.6 is 12.4 Å². The van der Waals surface area contributed by atoms with Crippen LogP contribution in [0.3, 0.4) is 0 Å². The number of aromatic amines is 1. The molecule has 1 aromatic heterocycles. The molecular formula is C12H16ClN5O. The molecule has 0 amide bonds. The van der Waals surface area contributed by atoms with Crippen LogP contribution in [0.1, 0.15) is 0 Å². The van der Waals surface area contributed by atoms with Gasteiger partial charge in [-0.25, -0.2) is 4.98 Å². The fourth-order valence-electron chi connectivity index (χ4n) is 1.55. The molecule has 0 aliphatic heterocycles. The quantitative estimate of drug-likeness (QED) is 0.378. The van der Waals surface area contributed by atoms with Crippen molar-refractivity contribution in [3.05, 3.63) is 36.7 Å². The Morgan fingerprint density at radius 3 is 2.89 bits per heavy atom. The summed E-state index contributed by atoms with van der Waals surface area (Å²) in [5.74, 6) is 1.46. The minimum atomic E-state index is -0.0575. The molecule has 0 radical (unpaired) electrons. The first kappa shape index (κ1) is 14.8. The largest absolute Gasteiger partial charge is 0.491 e. The SMILES string of the molecule is Cl.N=C(N)NCCOc1ccccc1-c1ncc[nH]1. The summed E-state index contributed by atoms with van der Waals surface area (Å²) in [5, 5.41) is 9.71. The van der Waals surface area contributed by atoms with Gasteiger partial charge in [0.15, 0.2) is 5.96 Å². The van der Waals surface area contributed by atoms with E-state index in [1.165, 1.54) is 0 Å². The van der Waals surface area contributed by atoms with Crippen LogP contribution in [0.2, 0.25) is 0 Å². The molecule has 0 aliphatic rings. The number of guanidine groups is 1. The number of benzene rings is 1. The Morgan fingerprint density at radius 2 is 2.21 bits per heavy atom. The van der Waals surface area contributed by atoms with Crippen LogP contribution in [0.4, 0.5) is 0 Å². The summed E-state index contributed by atoms with van der Waals surface area (Å²) in [6, 6.07) is 7.65. The van der Waals surface area contributed by atoms with Gasteiger partial charge in [0, 0.05) is 12.4 Å². The number of H-pyrrole nitrogens is 1. The summed E-state index contributed by atoms with van der Waals surface area (Å²) in [5.41, 5.74) is 6.09. The van der Waals surface area contributed by atoms with Crippen molar-refractivity contribution in [2.45, 2.75) is 0 Å². The minimum Gasteiger partial charge on any atom is -0.491 e. The second kappa shape index (κ2) is 7.27. The smallest absolute Gasteiger partial charge is 0.185 e. The maximum Gasteiger partial charge on any atom is 0.185 e. The van der Waals surface area contributed by atoms with Crippen LogP contribution < -0.4 is 15.8 Å². The molecule has 0 spiro atoms. The van der Waals surface area contributed by atoms with Crippen molar-refractivity contribution in [1.82, 2.24) is 15.3 Å². The molecule has 19 heavy (non-hydrogen) atoms. The van der Waals surface area contributed by atoms with Gasteiger partial charge in [0.1, 0.15) is 18.2 Å². The normalized spacial score (nSPS) is 9.47. The van der Waals surface area contributed by atoms with E-state index in [1.807, 2.05) is 24.3 Å². The van der Waals surface area contributed by atoms with E-state index < -0.39 is 0 Å².